The van der Waals surface area contributed by atoms with Crippen LogP contribution in [0.25, 0.3) is 0 Å². The highest BCUT2D eigenvalue weighted by Gasteiger charge is 2.26. The van der Waals surface area contributed by atoms with Gasteiger partial charge in [0.1, 0.15) is 0 Å². The molecular formula is C15H23BrN2O. The maximum absolute atomic E-state index is 9.70. The molecule has 0 spiro atoms. The van der Waals surface area contributed by atoms with Crippen molar-refractivity contribution in [2.75, 3.05) is 38.2 Å². The third kappa shape index (κ3) is 3.50. The molecule has 19 heavy (non-hydrogen) atoms. The van der Waals surface area contributed by atoms with Crippen molar-refractivity contribution in [3.63, 3.8) is 0 Å². The number of aliphatic hydroxyl groups excluding tert-OH is 1. The van der Waals surface area contributed by atoms with Crippen LogP contribution in [0.2, 0.25) is 0 Å². The fourth-order valence-electron chi connectivity index (χ4n) is 2.89. The van der Waals surface area contributed by atoms with Crippen LogP contribution in [0, 0.1) is 12.8 Å². The van der Waals surface area contributed by atoms with Gasteiger partial charge in [-0.15, -0.1) is 0 Å². The van der Waals surface area contributed by atoms with E-state index in [-0.39, 0.29) is 12.6 Å². The van der Waals surface area contributed by atoms with Gasteiger partial charge in [0.25, 0.3) is 0 Å². The normalized spacial score (nSPS) is 25.4. The van der Waals surface area contributed by atoms with E-state index in [4.69, 9.17) is 0 Å². The standard InChI is InChI=1S/C15H23BrN2O/c1-11-7-17(3)9-14(10-19)18(8-11)13-4-5-15(16)12(2)6-13/h4-6,11,14,19H,7-10H2,1-3H3. The van der Waals surface area contributed by atoms with Gasteiger partial charge in [0.15, 0.2) is 0 Å². The Hall–Kier alpha value is -0.580. The molecule has 1 aromatic carbocycles. The SMILES string of the molecule is Cc1cc(N2CC(C)CN(C)CC2CO)ccc1Br. The summed E-state index contributed by atoms with van der Waals surface area (Å²) in [6.07, 6.45) is 0. The molecule has 2 unspecified atom stereocenters. The predicted octanol–water partition coefficient (Wildman–Crippen LogP) is 2.51. The minimum Gasteiger partial charge on any atom is -0.394 e. The molecule has 106 valence electrons. The molecule has 1 aliphatic heterocycles. The zero-order chi connectivity index (χ0) is 14.0. The summed E-state index contributed by atoms with van der Waals surface area (Å²) in [5.74, 6) is 0.602. The number of hydrogen-bond acceptors (Lipinski definition) is 3. The van der Waals surface area contributed by atoms with Gasteiger partial charge in [0, 0.05) is 29.8 Å². The Bertz CT molecular complexity index is 438. The van der Waals surface area contributed by atoms with Gasteiger partial charge in [0.2, 0.25) is 0 Å². The Kier molecular flexibility index (Phi) is 4.87. The van der Waals surface area contributed by atoms with Crippen molar-refractivity contribution < 1.29 is 5.11 Å². The Morgan fingerprint density at radius 3 is 2.68 bits per heavy atom. The number of aliphatic hydroxyl groups is 1. The number of anilines is 1. The second kappa shape index (κ2) is 6.25. The second-order valence-electron chi connectivity index (χ2n) is 5.75. The van der Waals surface area contributed by atoms with Crippen LogP contribution in [0.3, 0.4) is 0 Å². The molecule has 2 rings (SSSR count). The lowest BCUT2D eigenvalue weighted by molar-refractivity contribution is 0.226. The molecule has 0 aliphatic carbocycles. The van der Waals surface area contributed by atoms with Gasteiger partial charge in [-0.05, 0) is 43.7 Å². The maximum Gasteiger partial charge on any atom is 0.0647 e. The van der Waals surface area contributed by atoms with Gasteiger partial charge in [-0.1, -0.05) is 22.9 Å². The third-order valence-electron chi connectivity index (χ3n) is 3.78. The lowest BCUT2D eigenvalue weighted by Crippen LogP contribution is -2.43. The molecule has 1 fully saturated rings. The lowest BCUT2D eigenvalue weighted by atomic mass is 10.1. The Labute approximate surface area is 124 Å². The fourth-order valence-corrected chi connectivity index (χ4v) is 3.13. The third-order valence-corrected chi connectivity index (χ3v) is 4.67. The van der Waals surface area contributed by atoms with Crippen molar-refractivity contribution in [3.8, 4) is 0 Å². The van der Waals surface area contributed by atoms with Crippen LogP contribution in [-0.2, 0) is 0 Å². The fraction of sp³-hybridized carbons (Fsp3) is 0.600. The van der Waals surface area contributed by atoms with E-state index in [0.717, 1.165) is 24.1 Å². The highest BCUT2D eigenvalue weighted by atomic mass is 79.9. The van der Waals surface area contributed by atoms with E-state index < -0.39 is 0 Å². The van der Waals surface area contributed by atoms with Crippen LogP contribution in [-0.4, -0.2) is 49.3 Å². The summed E-state index contributed by atoms with van der Waals surface area (Å²) in [6.45, 7) is 7.57. The Morgan fingerprint density at radius 1 is 1.32 bits per heavy atom. The first-order valence-corrected chi connectivity index (χ1v) is 7.62. The minimum absolute atomic E-state index is 0.176. The number of aryl methyl sites for hydroxylation is 1. The quantitative estimate of drug-likeness (QED) is 0.904. The van der Waals surface area contributed by atoms with Crippen LogP contribution in [0.5, 0.6) is 0 Å². The van der Waals surface area contributed by atoms with E-state index in [2.05, 4.69) is 64.8 Å². The van der Waals surface area contributed by atoms with Crippen LogP contribution in [0.15, 0.2) is 22.7 Å². The van der Waals surface area contributed by atoms with E-state index in [1.54, 1.807) is 0 Å². The van der Waals surface area contributed by atoms with E-state index in [9.17, 15) is 5.11 Å². The Morgan fingerprint density at radius 2 is 2.05 bits per heavy atom. The van der Waals surface area contributed by atoms with Gasteiger partial charge in [-0.3, -0.25) is 0 Å². The molecule has 1 heterocycles. The smallest absolute Gasteiger partial charge is 0.0647 e. The molecule has 1 N–H and O–H groups in total. The van der Waals surface area contributed by atoms with Gasteiger partial charge in [-0.25, -0.2) is 0 Å². The summed E-state index contributed by atoms with van der Waals surface area (Å²) in [5.41, 5.74) is 2.45. The molecule has 0 bridgehead atoms. The average molecular weight is 327 g/mol. The first kappa shape index (κ1) is 14.8. The van der Waals surface area contributed by atoms with E-state index in [1.165, 1.54) is 11.3 Å². The molecule has 1 aliphatic rings. The molecule has 0 amide bonds. The zero-order valence-electron chi connectivity index (χ0n) is 11.9. The molecule has 3 nitrogen and oxygen atoms in total. The molecular weight excluding hydrogens is 304 g/mol. The number of likely N-dealkylation sites (N-methyl/N-ethyl adjacent to an activating group) is 1. The number of rotatable bonds is 2. The monoisotopic (exact) mass is 326 g/mol. The molecule has 1 aromatic rings. The summed E-state index contributed by atoms with van der Waals surface area (Å²) in [4.78, 5) is 4.67. The summed E-state index contributed by atoms with van der Waals surface area (Å²) >= 11 is 3.55. The number of hydrogen-bond donors (Lipinski definition) is 1. The lowest BCUT2D eigenvalue weighted by Gasteiger charge is -2.32. The predicted molar refractivity (Wildman–Crippen MR) is 83.8 cm³/mol. The molecule has 4 heteroatoms. The van der Waals surface area contributed by atoms with E-state index in [0.29, 0.717) is 5.92 Å². The van der Waals surface area contributed by atoms with Crippen LogP contribution in [0.1, 0.15) is 12.5 Å². The van der Waals surface area contributed by atoms with Crippen molar-refractivity contribution in [2.24, 2.45) is 5.92 Å². The summed E-state index contributed by atoms with van der Waals surface area (Å²) < 4.78 is 1.14. The van der Waals surface area contributed by atoms with Crippen LogP contribution in [0.4, 0.5) is 5.69 Å². The number of halogens is 1. The summed E-state index contributed by atoms with van der Waals surface area (Å²) in [6, 6.07) is 6.61. The maximum atomic E-state index is 9.70. The van der Waals surface area contributed by atoms with Crippen LogP contribution >= 0.6 is 15.9 Å². The molecule has 2 atom stereocenters. The summed E-state index contributed by atoms with van der Waals surface area (Å²) in [5, 5.41) is 9.70. The average Bonchev–Trinajstić information content (AvgIpc) is 2.50. The summed E-state index contributed by atoms with van der Waals surface area (Å²) in [7, 11) is 2.13. The topological polar surface area (TPSA) is 26.7 Å². The number of benzene rings is 1. The van der Waals surface area contributed by atoms with Gasteiger partial charge < -0.3 is 14.9 Å². The second-order valence-corrected chi connectivity index (χ2v) is 6.60. The molecule has 0 saturated carbocycles. The highest BCUT2D eigenvalue weighted by molar-refractivity contribution is 9.10. The molecule has 1 saturated heterocycles. The highest BCUT2D eigenvalue weighted by Crippen LogP contribution is 2.26. The zero-order valence-corrected chi connectivity index (χ0v) is 13.5. The van der Waals surface area contributed by atoms with Crippen molar-refractivity contribution in [2.45, 2.75) is 19.9 Å². The molecule has 0 aromatic heterocycles. The minimum atomic E-state index is 0.176. The van der Waals surface area contributed by atoms with Gasteiger partial charge >= 0.3 is 0 Å². The van der Waals surface area contributed by atoms with Crippen molar-refractivity contribution in [1.29, 1.82) is 0 Å². The Balaban J connectivity index is 2.30. The van der Waals surface area contributed by atoms with Crippen LogP contribution < -0.4 is 4.90 Å². The van der Waals surface area contributed by atoms with Crippen molar-refractivity contribution in [1.82, 2.24) is 4.90 Å². The van der Waals surface area contributed by atoms with E-state index in [1.807, 2.05) is 0 Å². The molecule has 0 radical (unpaired) electrons. The van der Waals surface area contributed by atoms with E-state index >= 15 is 0 Å². The first-order valence-electron chi connectivity index (χ1n) is 6.83. The number of nitrogens with zero attached hydrogens (tertiary/aromatic N) is 2. The van der Waals surface area contributed by atoms with Crippen molar-refractivity contribution in [3.05, 3.63) is 28.2 Å². The first-order chi connectivity index (χ1) is 9.01. The largest absolute Gasteiger partial charge is 0.394 e. The van der Waals surface area contributed by atoms with Crippen molar-refractivity contribution >= 4 is 21.6 Å². The van der Waals surface area contributed by atoms with Gasteiger partial charge in [0.05, 0.1) is 12.6 Å². The van der Waals surface area contributed by atoms with Gasteiger partial charge in [-0.2, -0.15) is 0 Å².